The van der Waals surface area contributed by atoms with Crippen molar-refractivity contribution in [3.05, 3.63) is 94.3 Å². The molecule has 1 N–H and O–H groups in total. The van der Waals surface area contributed by atoms with E-state index in [1.807, 2.05) is 74.8 Å². The standard InChI is InChI=1S/C25H26N4O/c1-4-18-12-15-23-22(16-18)24(30)29(21-8-6-5-7-9-21)25(27-23)26-20-13-10-19(11-14-20)17-28(2)3/h5-16H,4,17H2,1-3H3,(H,26,27). The van der Waals surface area contributed by atoms with Crippen molar-refractivity contribution in [2.45, 2.75) is 19.9 Å². The van der Waals surface area contributed by atoms with E-state index in [0.717, 1.165) is 29.9 Å². The zero-order chi connectivity index (χ0) is 21.1. The second-order valence-corrected chi connectivity index (χ2v) is 7.68. The van der Waals surface area contributed by atoms with E-state index in [4.69, 9.17) is 4.98 Å². The van der Waals surface area contributed by atoms with E-state index in [1.165, 1.54) is 5.56 Å². The normalized spacial score (nSPS) is 11.2. The van der Waals surface area contributed by atoms with Crippen molar-refractivity contribution in [3.8, 4) is 5.69 Å². The molecule has 0 amide bonds. The Balaban J connectivity index is 1.82. The maximum atomic E-state index is 13.5. The lowest BCUT2D eigenvalue weighted by atomic mass is 10.1. The van der Waals surface area contributed by atoms with Gasteiger partial charge in [0.25, 0.3) is 5.56 Å². The van der Waals surface area contributed by atoms with Crippen LogP contribution in [0.1, 0.15) is 18.1 Å². The van der Waals surface area contributed by atoms with Crippen LogP contribution in [0.3, 0.4) is 0 Å². The molecule has 0 aliphatic carbocycles. The van der Waals surface area contributed by atoms with E-state index in [-0.39, 0.29) is 5.56 Å². The molecule has 152 valence electrons. The average Bonchev–Trinajstić information content (AvgIpc) is 2.75. The van der Waals surface area contributed by atoms with E-state index in [1.54, 1.807) is 4.57 Å². The van der Waals surface area contributed by atoms with Gasteiger partial charge in [-0.05, 0) is 68.0 Å². The van der Waals surface area contributed by atoms with E-state index in [9.17, 15) is 4.79 Å². The summed E-state index contributed by atoms with van der Waals surface area (Å²) in [6.45, 7) is 2.96. The molecule has 0 saturated heterocycles. The second-order valence-electron chi connectivity index (χ2n) is 7.68. The fraction of sp³-hybridized carbons (Fsp3) is 0.200. The molecule has 0 spiro atoms. The smallest absolute Gasteiger partial charge is 0.267 e. The quantitative estimate of drug-likeness (QED) is 0.509. The highest BCUT2D eigenvalue weighted by Gasteiger charge is 2.13. The Kier molecular flexibility index (Phi) is 5.63. The van der Waals surface area contributed by atoms with Crippen LogP contribution in [-0.2, 0) is 13.0 Å². The summed E-state index contributed by atoms with van der Waals surface area (Å²) < 4.78 is 1.65. The number of fused-ring (bicyclic) bond motifs is 1. The maximum Gasteiger partial charge on any atom is 0.267 e. The Bertz CT molecular complexity index is 1210. The Labute approximate surface area is 176 Å². The summed E-state index contributed by atoms with van der Waals surface area (Å²) in [6.07, 6.45) is 0.875. The van der Waals surface area contributed by atoms with Crippen LogP contribution in [0.25, 0.3) is 16.6 Å². The first kappa shape index (κ1) is 19.9. The van der Waals surface area contributed by atoms with Gasteiger partial charge in [-0.3, -0.25) is 4.79 Å². The first-order valence-electron chi connectivity index (χ1n) is 10.2. The van der Waals surface area contributed by atoms with Crippen LogP contribution in [-0.4, -0.2) is 28.5 Å². The molecule has 0 bridgehead atoms. The van der Waals surface area contributed by atoms with E-state index < -0.39 is 0 Å². The maximum absolute atomic E-state index is 13.5. The van der Waals surface area contributed by atoms with Gasteiger partial charge < -0.3 is 10.2 Å². The highest BCUT2D eigenvalue weighted by molar-refractivity contribution is 5.80. The zero-order valence-electron chi connectivity index (χ0n) is 17.6. The SMILES string of the molecule is CCc1ccc2nc(Nc3ccc(CN(C)C)cc3)n(-c3ccccc3)c(=O)c2c1. The first-order chi connectivity index (χ1) is 14.5. The summed E-state index contributed by atoms with van der Waals surface area (Å²) in [7, 11) is 4.10. The molecule has 30 heavy (non-hydrogen) atoms. The number of hydrogen-bond acceptors (Lipinski definition) is 4. The molecule has 5 heteroatoms. The van der Waals surface area contributed by atoms with Crippen molar-refractivity contribution in [3.63, 3.8) is 0 Å². The van der Waals surface area contributed by atoms with Crippen LogP contribution in [0, 0.1) is 0 Å². The molecule has 0 aliphatic rings. The predicted octanol–water partition coefficient (Wildman–Crippen LogP) is 4.75. The molecule has 0 saturated carbocycles. The van der Waals surface area contributed by atoms with Gasteiger partial charge in [0.2, 0.25) is 5.95 Å². The third kappa shape index (κ3) is 4.11. The average molecular weight is 399 g/mol. The van der Waals surface area contributed by atoms with Gasteiger partial charge >= 0.3 is 0 Å². The van der Waals surface area contributed by atoms with Gasteiger partial charge in [0.05, 0.1) is 16.6 Å². The van der Waals surface area contributed by atoms with Gasteiger partial charge in [0, 0.05) is 12.2 Å². The highest BCUT2D eigenvalue weighted by Crippen LogP contribution is 2.21. The highest BCUT2D eigenvalue weighted by atomic mass is 16.1. The number of benzene rings is 3. The summed E-state index contributed by atoms with van der Waals surface area (Å²) in [6, 6.07) is 23.7. The molecule has 4 rings (SSSR count). The number of nitrogens with zero attached hydrogens (tertiary/aromatic N) is 3. The fourth-order valence-corrected chi connectivity index (χ4v) is 3.54. The summed E-state index contributed by atoms with van der Waals surface area (Å²) in [4.78, 5) is 20.4. The van der Waals surface area contributed by atoms with Gasteiger partial charge in [-0.2, -0.15) is 0 Å². The van der Waals surface area contributed by atoms with Crippen LogP contribution in [0.5, 0.6) is 0 Å². The largest absolute Gasteiger partial charge is 0.325 e. The Morgan fingerprint density at radius 3 is 2.30 bits per heavy atom. The van der Waals surface area contributed by atoms with Crippen LogP contribution >= 0.6 is 0 Å². The molecule has 1 aromatic heterocycles. The topological polar surface area (TPSA) is 50.2 Å². The lowest BCUT2D eigenvalue weighted by Crippen LogP contribution is -2.23. The van der Waals surface area contributed by atoms with Crippen molar-refractivity contribution >= 4 is 22.5 Å². The van der Waals surface area contributed by atoms with Gasteiger partial charge in [0.1, 0.15) is 0 Å². The molecular weight excluding hydrogens is 372 g/mol. The first-order valence-corrected chi connectivity index (χ1v) is 10.2. The lowest BCUT2D eigenvalue weighted by Gasteiger charge is -2.16. The number of aromatic nitrogens is 2. The Hall–Kier alpha value is -3.44. The molecule has 1 heterocycles. The van der Waals surface area contributed by atoms with Gasteiger partial charge in [-0.15, -0.1) is 0 Å². The summed E-state index contributed by atoms with van der Waals surface area (Å²) in [5.41, 5.74) is 4.64. The number of aryl methyl sites for hydroxylation is 1. The van der Waals surface area contributed by atoms with Gasteiger partial charge in [0.15, 0.2) is 0 Å². The minimum Gasteiger partial charge on any atom is -0.325 e. The third-order valence-electron chi connectivity index (χ3n) is 5.06. The number of para-hydroxylation sites is 1. The van der Waals surface area contributed by atoms with Crippen molar-refractivity contribution in [2.24, 2.45) is 0 Å². The minimum absolute atomic E-state index is 0.0757. The number of hydrogen-bond donors (Lipinski definition) is 1. The lowest BCUT2D eigenvalue weighted by molar-refractivity contribution is 0.402. The molecular formula is C25H26N4O. The summed E-state index contributed by atoms with van der Waals surface area (Å²) in [5.74, 6) is 0.503. The minimum atomic E-state index is -0.0757. The van der Waals surface area contributed by atoms with E-state index >= 15 is 0 Å². The molecule has 3 aromatic carbocycles. The van der Waals surface area contributed by atoms with E-state index in [2.05, 4.69) is 29.3 Å². The Morgan fingerprint density at radius 1 is 0.933 bits per heavy atom. The van der Waals surface area contributed by atoms with Gasteiger partial charge in [-0.25, -0.2) is 9.55 Å². The monoisotopic (exact) mass is 398 g/mol. The zero-order valence-corrected chi connectivity index (χ0v) is 17.6. The second kappa shape index (κ2) is 8.51. The molecule has 0 aliphatic heterocycles. The van der Waals surface area contributed by atoms with Crippen LogP contribution < -0.4 is 10.9 Å². The number of anilines is 2. The van der Waals surface area contributed by atoms with Crippen LogP contribution in [0.15, 0.2) is 77.6 Å². The van der Waals surface area contributed by atoms with Crippen molar-refractivity contribution < 1.29 is 0 Å². The molecule has 0 radical (unpaired) electrons. The third-order valence-corrected chi connectivity index (χ3v) is 5.06. The van der Waals surface area contributed by atoms with Crippen LogP contribution in [0.2, 0.25) is 0 Å². The predicted molar refractivity (Wildman–Crippen MR) is 124 cm³/mol. The van der Waals surface area contributed by atoms with Crippen molar-refractivity contribution in [2.75, 3.05) is 19.4 Å². The van der Waals surface area contributed by atoms with Crippen molar-refractivity contribution in [1.29, 1.82) is 0 Å². The van der Waals surface area contributed by atoms with E-state index in [0.29, 0.717) is 16.9 Å². The molecule has 4 aromatic rings. The van der Waals surface area contributed by atoms with Crippen molar-refractivity contribution in [1.82, 2.24) is 14.5 Å². The van der Waals surface area contributed by atoms with Crippen LogP contribution in [0.4, 0.5) is 11.6 Å². The summed E-state index contributed by atoms with van der Waals surface area (Å²) in [5, 5.41) is 3.98. The number of nitrogens with one attached hydrogen (secondary N) is 1. The summed E-state index contributed by atoms with van der Waals surface area (Å²) >= 11 is 0. The molecule has 0 fully saturated rings. The number of rotatable bonds is 6. The Morgan fingerprint density at radius 2 is 1.63 bits per heavy atom. The van der Waals surface area contributed by atoms with Gasteiger partial charge in [-0.1, -0.05) is 43.3 Å². The molecule has 0 unspecified atom stereocenters. The molecule has 0 atom stereocenters. The fourth-order valence-electron chi connectivity index (χ4n) is 3.54. The molecule has 5 nitrogen and oxygen atoms in total.